The van der Waals surface area contributed by atoms with E-state index in [0.29, 0.717) is 17.8 Å². The van der Waals surface area contributed by atoms with E-state index < -0.39 is 0 Å². The minimum absolute atomic E-state index is 0.0508. The first-order valence-corrected chi connectivity index (χ1v) is 6.65. The number of rotatable bonds is 4. The van der Waals surface area contributed by atoms with Crippen LogP contribution in [0.1, 0.15) is 13.3 Å². The number of hydrogen-bond donors (Lipinski definition) is 3. The molecular weight excluding hydrogens is 240 g/mol. The molecule has 0 saturated carbocycles. The van der Waals surface area contributed by atoms with Gasteiger partial charge in [-0.3, -0.25) is 4.99 Å². The second-order valence-electron chi connectivity index (χ2n) is 5.13. The van der Waals surface area contributed by atoms with Crippen molar-refractivity contribution >= 4 is 11.5 Å². The molecule has 1 unspecified atom stereocenters. The van der Waals surface area contributed by atoms with Crippen molar-refractivity contribution < 1.29 is 0 Å². The van der Waals surface area contributed by atoms with Crippen LogP contribution in [0.15, 0.2) is 16.8 Å². The average molecular weight is 266 g/mol. The van der Waals surface area contributed by atoms with Crippen LogP contribution in [0.4, 0.5) is 0 Å². The van der Waals surface area contributed by atoms with Gasteiger partial charge < -0.3 is 26.7 Å². The summed E-state index contributed by atoms with van der Waals surface area (Å²) in [7, 11) is 3.87. The van der Waals surface area contributed by atoms with Crippen molar-refractivity contribution in [2.75, 3.05) is 40.3 Å². The standard InChI is InChI=1S/C13H26N6/c1-10(14)8-11(15)12(16)9-13(17-2)19-6-4-18(3)5-7-19/h9-10,15H,4-8,14,16H2,1-3H3. The van der Waals surface area contributed by atoms with Gasteiger partial charge in [0.2, 0.25) is 0 Å². The SMILES string of the molecule is CN=C(C=C(N)C(=N)CC(C)N)N1CCN(C)CC1. The molecule has 6 heteroatoms. The van der Waals surface area contributed by atoms with E-state index in [9.17, 15) is 0 Å². The van der Waals surface area contributed by atoms with E-state index in [-0.39, 0.29) is 6.04 Å². The fourth-order valence-corrected chi connectivity index (χ4v) is 2.00. The molecular formula is C13H26N6. The maximum atomic E-state index is 7.88. The molecule has 6 nitrogen and oxygen atoms in total. The Kier molecular flexibility index (Phi) is 5.98. The van der Waals surface area contributed by atoms with Crippen molar-refractivity contribution in [2.45, 2.75) is 19.4 Å². The van der Waals surface area contributed by atoms with Gasteiger partial charge in [-0.2, -0.15) is 0 Å². The highest BCUT2D eigenvalue weighted by Crippen LogP contribution is 2.04. The second-order valence-corrected chi connectivity index (χ2v) is 5.13. The Morgan fingerprint density at radius 1 is 1.37 bits per heavy atom. The molecule has 1 atom stereocenters. The quantitative estimate of drug-likeness (QED) is 0.487. The molecule has 1 aliphatic heterocycles. The molecule has 19 heavy (non-hydrogen) atoms. The number of nitrogens with zero attached hydrogens (tertiary/aromatic N) is 3. The Hall–Kier alpha value is -1.40. The summed E-state index contributed by atoms with van der Waals surface area (Å²) in [4.78, 5) is 8.77. The van der Waals surface area contributed by atoms with E-state index in [2.05, 4.69) is 21.8 Å². The molecule has 5 N–H and O–H groups in total. The van der Waals surface area contributed by atoms with Crippen LogP contribution in [0.2, 0.25) is 0 Å². The number of aliphatic imine (C=N–C) groups is 1. The van der Waals surface area contributed by atoms with E-state index in [0.717, 1.165) is 32.0 Å². The van der Waals surface area contributed by atoms with Crippen molar-refractivity contribution in [3.8, 4) is 0 Å². The van der Waals surface area contributed by atoms with Crippen molar-refractivity contribution in [1.29, 1.82) is 5.41 Å². The zero-order valence-electron chi connectivity index (χ0n) is 12.2. The van der Waals surface area contributed by atoms with E-state index >= 15 is 0 Å². The topological polar surface area (TPSA) is 94.7 Å². The molecule has 0 spiro atoms. The van der Waals surface area contributed by atoms with Gasteiger partial charge in [-0.25, -0.2) is 0 Å². The van der Waals surface area contributed by atoms with Gasteiger partial charge in [-0.05, 0) is 14.0 Å². The van der Waals surface area contributed by atoms with Crippen LogP contribution >= 0.6 is 0 Å². The summed E-state index contributed by atoms with van der Waals surface area (Å²) in [5.74, 6) is 0.847. The van der Waals surface area contributed by atoms with Gasteiger partial charge in [-0.1, -0.05) is 0 Å². The molecule has 0 bridgehead atoms. The van der Waals surface area contributed by atoms with Crippen LogP contribution in [0.5, 0.6) is 0 Å². The van der Waals surface area contributed by atoms with Crippen LogP contribution in [-0.2, 0) is 0 Å². The molecule has 0 radical (unpaired) electrons. The zero-order chi connectivity index (χ0) is 14.4. The number of amidine groups is 1. The van der Waals surface area contributed by atoms with Gasteiger partial charge in [0, 0.05) is 51.8 Å². The van der Waals surface area contributed by atoms with Gasteiger partial charge in [0.15, 0.2) is 0 Å². The van der Waals surface area contributed by atoms with Crippen LogP contribution in [0.3, 0.4) is 0 Å². The number of piperazine rings is 1. The third-order valence-electron chi connectivity index (χ3n) is 3.22. The summed E-state index contributed by atoms with van der Waals surface area (Å²) in [5.41, 5.74) is 12.5. The summed E-state index contributed by atoms with van der Waals surface area (Å²) < 4.78 is 0. The Bertz CT molecular complexity index is 363. The first kappa shape index (κ1) is 15.7. The van der Waals surface area contributed by atoms with Crippen LogP contribution in [0.25, 0.3) is 0 Å². The number of nitrogens with two attached hydrogens (primary N) is 2. The third kappa shape index (κ3) is 5.00. The van der Waals surface area contributed by atoms with E-state index in [1.54, 1.807) is 13.1 Å². The van der Waals surface area contributed by atoms with Crippen LogP contribution in [-0.4, -0.2) is 67.7 Å². The van der Waals surface area contributed by atoms with Gasteiger partial charge >= 0.3 is 0 Å². The normalized spacial score (nSPS) is 20.5. The summed E-state index contributed by atoms with van der Waals surface area (Å²) in [6.45, 7) is 5.78. The molecule has 1 heterocycles. The predicted octanol–water partition coefficient (Wildman–Crippen LogP) is -0.138. The lowest BCUT2D eigenvalue weighted by molar-refractivity contribution is 0.216. The van der Waals surface area contributed by atoms with E-state index in [1.165, 1.54) is 0 Å². The van der Waals surface area contributed by atoms with Crippen LogP contribution in [0, 0.1) is 5.41 Å². The fourth-order valence-electron chi connectivity index (χ4n) is 2.00. The van der Waals surface area contributed by atoms with Gasteiger partial charge in [0.1, 0.15) is 5.84 Å². The average Bonchev–Trinajstić information content (AvgIpc) is 2.36. The smallest absolute Gasteiger partial charge is 0.125 e. The largest absolute Gasteiger partial charge is 0.397 e. The molecule has 1 saturated heterocycles. The molecule has 1 rings (SSSR count). The summed E-state index contributed by atoms with van der Waals surface area (Å²) in [6, 6.07) is -0.0508. The van der Waals surface area contributed by atoms with Crippen molar-refractivity contribution in [3.63, 3.8) is 0 Å². The first-order valence-electron chi connectivity index (χ1n) is 6.65. The Balaban J connectivity index is 2.68. The van der Waals surface area contributed by atoms with E-state index in [4.69, 9.17) is 16.9 Å². The third-order valence-corrected chi connectivity index (χ3v) is 3.22. The number of hydrogen-bond acceptors (Lipinski definition) is 5. The Morgan fingerprint density at radius 3 is 2.42 bits per heavy atom. The van der Waals surface area contributed by atoms with Gasteiger partial charge in [-0.15, -0.1) is 0 Å². The van der Waals surface area contributed by atoms with Crippen molar-refractivity contribution in [1.82, 2.24) is 9.80 Å². The van der Waals surface area contributed by atoms with Gasteiger partial charge in [0.25, 0.3) is 0 Å². The predicted molar refractivity (Wildman–Crippen MR) is 80.7 cm³/mol. The maximum absolute atomic E-state index is 7.88. The highest BCUT2D eigenvalue weighted by atomic mass is 15.3. The molecule has 0 aromatic carbocycles. The van der Waals surface area contributed by atoms with E-state index in [1.807, 2.05) is 6.92 Å². The summed E-state index contributed by atoms with van der Waals surface area (Å²) in [6.07, 6.45) is 2.28. The molecule has 0 aromatic heterocycles. The van der Waals surface area contributed by atoms with Crippen molar-refractivity contribution in [3.05, 3.63) is 11.8 Å². The highest BCUT2D eigenvalue weighted by Gasteiger charge is 2.16. The Morgan fingerprint density at radius 2 is 1.95 bits per heavy atom. The van der Waals surface area contributed by atoms with Crippen LogP contribution < -0.4 is 11.5 Å². The zero-order valence-corrected chi connectivity index (χ0v) is 12.2. The fraction of sp³-hybridized carbons (Fsp3) is 0.692. The summed E-state index contributed by atoms with van der Waals surface area (Å²) >= 11 is 0. The first-order chi connectivity index (χ1) is 8.93. The summed E-state index contributed by atoms with van der Waals surface area (Å²) in [5, 5.41) is 7.88. The lowest BCUT2D eigenvalue weighted by atomic mass is 10.1. The lowest BCUT2D eigenvalue weighted by Gasteiger charge is -2.33. The maximum Gasteiger partial charge on any atom is 0.125 e. The highest BCUT2D eigenvalue weighted by molar-refractivity contribution is 6.04. The van der Waals surface area contributed by atoms with Gasteiger partial charge in [0.05, 0.1) is 11.4 Å². The monoisotopic (exact) mass is 266 g/mol. The molecule has 0 aromatic rings. The lowest BCUT2D eigenvalue weighted by Crippen LogP contribution is -2.47. The Labute approximate surface area is 115 Å². The molecule has 0 amide bonds. The van der Waals surface area contributed by atoms with Crippen molar-refractivity contribution in [2.24, 2.45) is 16.5 Å². The minimum Gasteiger partial charge on any atom is -0.397 e. The molecule has 0 aliphatic carbocycles. The molecule has 108 valence electrons. The molecule has 1 fully saturated rings. The minimum atomic E-state index is -0.0508. The molecule has 1 aliphatic rings. The second kappa shape index (κ2) is 7.25. The number of nitrogens with one attached hydrogen (secondary N) is 1. The number of likely N-dealkylation sites (N-methyl/N-ethyl adjacent to an activating group) is 1. The number of allylic oxidation sites excluding steroid dienone is 1.